The molecule has 1 N–H and O–H groups in total. The summed E-state index contributed by atoms with van der Waals surface area (Å²) in [6.07, 6.45) is 14.7. The summed E-state index contributed by atoms with van der Waals surface area (Å²) < 4.78 is 0. The van der Waals surface area contributed by atoms with E-state index in [1.165, 1.54) is 6.08 Å². The lowest BCUT2D eigenvalue weighted by atomic mass is 10.3. The zero-order chi connectivity index (χ0) is 11.4. The quantitative estimate of drug-likeness (QED) is 0.425. The molecule has 0 aliphatic heterocycles. The van der Waals surface area contributed by atoms with Crippen molar-refractivity contribution in [1.29, 1.82) is 0 Å². The van der Waals surface area contributed by atoms with Crippen LogP contribution < -0.4 is 0 Å². The number of allylic oxidation sites excluding steroid dienone is 4. The van der Waals surface area contributed by atoms with Gasteiger partial charge in [0, 0.05) is 6.08 Å². The minimum absolute atomic E-state index is 0.0253. The summed E-state index contributed by atoms with van der Waals surface area (Å²) in [5.74, 6) is 6.30. The van der Waals surface area contributed by atoms with Gasteiger partial charge in [0.15, 0.2) is 0 Å². The van der Waals surface area contributed by atoms with Crippen molar-refractivity contribution in [3.8, 4) is 24.2 Å². The van der Waals surface area contributed by atoms with Crippen molar-refractivity contribution in [2.75, 3.05) is 0 Å². The maximum atomic E-state index is 10.1. The highest BCUT2D eigenvalue weighted by Crippen LogP contribution is 1.84. The third kappa shape index (κ3) is 11.6. The van der Waals surface area contributed by atoms with Crippen molar-refractivity contribution >= 4 is 5.97 Å². The van der Waals surface area contributed by atoms with Crippen LogP contribution in [0.4, 0.5) is 0 Å². The molecule has 0 unspecified atom stereocenters. The van der Waals surface area contributed by atoms with E-state index in [4.69, 9.17) is 11.5 Å². The molecule has 0 heterocycles. The van der Waals surface area contributed by atoms with Crippen molar-refractivity contribution in [2.45, 2.75) is 6.42 Å². The van der Waals surface area contributed by atoms with E-state index in [0.29, 0.717) is 0 Å². The number of carbonyl (C=O) groups is 1. The van der Waals surface area contributed by atoms with Crippen molar-refractivity contribution in [3.05, 3.63) is 42.2 Å². The Balaban J connectivity index is 3.91. The lowest BCUT2D eigenvalue weighted by molar-refractivity contribution is -0.135. The molecule has 0 amide bonds. The molecule has 0 saturated carbocycles. The van der Waals surface area contributed by atoms with E-state index in [1.807, 2.05) is 0 Å². The van der Waals surface area contributed by atoms with Gasteiger partial charge < -0.3 is 5.11 Å². The van der Waals surface area contributed by atoms with Crippen molar-refractivity contribution in [3.63, 3.8) is 0 Å². The Bertz CT molecular complexity index is 414. The Morgan fingerprint density at radius 1 is 1.33 bits per heavy atom. The second-order valence-corrected chi connectivity index (χ2v) is 2.30. The van der Waals surface area contributed by atoms with Crippen LogP contribution in [0.1, 0.15) is 6.42 Å². The molecule has 15 heavy (non-hydrogen) atoms. The molecule has 0 atom stereocenters. The first-order valence-electron chi connectivity index (χ1n) is 4.18. The number of hydrogen-bond donors (Lipinski definition) is 1. The highest BCUT2D eigenvalue weighted by atomic mass is 16.4. The van der Waals surface area contributed by atoms with E-state index in [2.05, 4.69) is 23.5 Å². The van der Waals surface area contributed by atoms with Gasteiger partial charge in [-0.05, 0) is 17.9 Å². The van der Waals surface area contributed by atoms with Crippen molar-refractivity contribution in [2.24, 2.45) is 0 Å². The van der Waals surface area contributed by atoms with E-state index >= 15 is 0 Å². The zero-order valence-electron chi connectivity index (χ0n) is 8.10. The molecule has 2 heteroatoms. The first-order chi connectivity index (χ1) is 7.27. The van der Waals surface area contributed by atoms with Crippen LogP contribution in [-0.4, -0.2) is 11.1 Å². The standard InChI is InChI=1S/C13H10O2/c1-2-3-4-5-6-7-8-9-10-11-12-13(14)15/h1,5,7-11H,12H2,(H,14,15)/b9-8-,11-10+. The predicted molar refractivity (Wildman–Crippen MR) is 59.8 cm³/mol. The average Bonchev–Trinajstić information content (AvgIpc) is 2.20. The summed E-state index contributed by atoms with van der Waals surface area (Å²) in [4.78, 5) is 10.1. The molecular formula is C13H10O2. The number of rotatable bonds is 4. The first-order valence-corrected chi connectivity index (χ1v) is 4.18. The molecule has 0 bridgehead atoms. The number of aliphatic carboxylic acids is 1. The Kier molecular flexibility index (Phi) is 8.12. The van der Waals surface area contributed by atoms with Crippen LogP contribution in [0.15, 0.2) is 42.2 Å². The molecule has 0 saturated heterocycles. The van der Waals surface area contributed by atoms with Gasteiger partial charge >= 0.3 is 5.97 Å². The van der Waals surface area contributed by atoms with Gasteiger partial charge in [0.05, 0.1) is 6.42 Å². The van der Waals surface area contributed by atoms with E-state index in [9.17, 15) is 4.79 Å². The third-order valence-electron chi connectivity index (χ3n) is 1.14. The van der Waals surface area contributed by atoms with Crippen LogP contribution >= 0.6 is 0 Å². The van der Waals surface area contributed by atoms with E-state index in [-0.39, 0.29) is 6.42 Å². The lowest BCUT2D eigenvalue weighted by Crippen LogP contribution is -1.89. The topological polar surface area (TPSA) is 37.3 Å². The summed E-state index contributed by atoms with van der Waals surface area (Å²) in [7, 11) is 0. The Morgan fingerprint density at radius 2 is 2.13 bits per heavy atom. The molecule has 0 fully saturated rings. The Labute approximate surface area is 89.3 Å². The molecule has 0 rings (SSSR count). The van der Waals surface area contributed by atoms with Crippen LogP contribution in [0, 0.1) is 24.2 Å². The largest absolute Gasteiger partial charge is 0.481 e. The normalized spacial score (nSPS) is 8.73. The van der Waals surface area contributed by atoms with E-state index in [1.54, 1.807) is 30.4 Å². The summed E-state index contributed by atoms with van der Waals surface area (Å²) in [6.45, 7) is 0. The molecule has 0 aromatic heterocycles. The Hall–Kier alpha value is -2.41. The zero-order valence-corrected chi connectivity index (χ0v) is 8.10. The summed E-state index contributed by atoms with van der Waals surface area (Å²) in [5.41, 5.74) is 2.76. The van der Waals surface area contributed by atoms with Gasteiger partial charge in [0.25, 0.3) is 0 Å². The summed E-state index contributed by atoms with van der Waals surface area (Å²) in [6, 6.07) is 0. The smallest absolute Gasteiger partial charge is 0.307 e. The summed E-state index contributed by atoms with van der Waals surface area (Å²) >= 11 is 0. The first kappa shape index (κ1) is 12.6. The molecule has 74 valence electrons. The highest BCUT2D eigenvalue weighted by Gasteiger charge is 1.86. The summed E-state index contributed by atoms with van der Waals surface area (Å²) in [5, 5.41) is 8.30. The van der Waals surface area contributed by atoms with Gasteiger partial charge in [-0.1, -0.05) is 30.2 Å². The lowest BCUT2D eigenvalue weighted by Gasteiger charge is -1.79. The highest BCUT2D eigenvalue weighted by molar-refractivity contribution is 5.68. The molecule has 0 aromatic rings. The fraction of sp³-hybridized carbons (Fsp3) is 0.0769. The predicted octanol–water partition coefficient (Wildman–Crippen LogP) is 1.92. The third-order valence-corrected chi connectivity index (χ3v) is 1.14. The van der Waals surface area contributed by atoms with Gasteiger partial charge in [0.2, 0.25) is 0 Å². The average molecular weight is 198 g/mol. The van der Waals surface area contributed by atoms with Crippen molar-refractivity contribution in [1.82, 2.24) is 0 Å². The second kappa shape index (κ2) is 9.68. The molecule has 0 radical (unpaired) electrons. The molecule has 2 nitrogen and oxygen atoms in total. The maximum absolute atomic E-state index is 10.1. The van der Waals surface area contributed by atoms with Crippen LogP contribution in [-0.2, 0) is 4.79 Å². The molecule has 0 aliphatic carbocycles. The van der Waals surface area contributed by atoms with Crippen molar-refractivity contribution < 1.29 is 9.90 Å². The number of carboxylic acids is 1. The molecule has 0 aliphatic rings. The van der Waals surface area contributed by atoms with Crippen LogP contribution in [0.2, 0.25) is 0 Å². The fourth-order valence-corrected chi connectivity index (χ4v) is 0.590. The van der Waals surface area contributed by atoms with Gasteiger partial charge in [-0.3, -0.25) is 4.79 Å². The molecular weight excluding hydrogens is 188 g/mol. The SMILES string of the molecule is C#CC#CC=C=C/C=C\C=C\CC(=O)O. The minimum atomic E-state index is -0.848. The van der Waals surface area contributed by atoms with Gasteiger partial charge in [-0.25, -0.2) is 0 Å². The Morgan fingerprint density at radius 3 is 2.80 bits per heavy atom. The van der Waals surface area contributed by atoms with Crippen LogP contribution in [0.5, 0.6) is 0 Å². The molecule has 0 aromatic carbocycles. The van der Waals surface area contributed by atoms with Gasteiger partial charge in [0.1, 0.15) is 0 Å². The van der Waals surface area contributed by atoms with Gasteiger partial charge in [-0.15, -0.1) is 12.2 Å². The number of terminal acetylenes is 1. The molecule has 0 spiro atoms. The maximum Gasteiger partial charge on any atom is 0.307 e. The van der Waals surface area contributed by atoms with Gasteiger partial charge in [-0.2, -0.15) is 0 Å². The van der Waals surface area contributed by atoms with Crippen LogP contribution in [0.3, 0.4) is 0 Å². The number of hydrogen-bond acceptors (Lipinski definition) is 1. The number of carboxylic acid groups (broad SMARTS) is 1. The monoisotopic (exact) mass is 198 g/mol. The fourth-order valence-electron chi connectivity index (χ4n) is 0.590. The van der Waals surface area contributed by atoms with Crippen LogP contribution in [0.25, 0.3) is 0 Å². The minimum Gasteiger partial charge on any atom is -0.481 e. The van der Waals surface area contributed by atoms with E-state index < -0.39 is 5.97 Å². The second-order valence-electron chi connectivity index (χ2n) is 2.30. The van der Waals surface area contributed by atoms with E-state index in [0.717, 1.165) is 0 Å².